The average molecular weight is 423 g/mol. The van der Waals surface area contributed by atoms with Crippen molar-refractivity contribution in [2.45, 2.75) is 18.9 Å². The van der Waals surface area contributed by atoms with Gasteiger partial charge in [0.05, 0.1) is 18.8 Å². The molecule has 0 radical (unpaired) electrons. The number of sulfonamides is 1. The number of methoxy groups -OCH3 is 1. The van der Waals surface area contributed by atoms with Crippen LogP contribution < -0.4 is 0 Å². The molecule has 1 aromatic heterocycles. The zero-order chi connectivity index (χ0) is 20.1. The Morgan fingerprint density at radius 1 is 1.29 bits per heavy atom. The minimum absolute atomic E-state index is 0.147. The Morgan fingerprint density at radius 2 is 2.04 bits per heavy atom. The number of fused-ring (bicyclic) bond motifs is 1. The van der Waals surface area contributed by atoms with Crippen LogP contribution in [-0.2, 0) is 26.0 Å². The topological polar surface area (TPSA) is 66.9 Å². The molecule has 1 unspecified atom stereocenters. The van der Waals surface area contributed by atoms with Crippen molar-refractivity contribution in [2.24, 2.45) is 0 Å². The molecule has 0 aliphatic carbocycles. The highest BCUT2D eigenvalue weighted by molar-refractivity contribution is 7.88. The fourth-order valence-electron chi connectivity index (χ4n) is 3.57. The summed E-state index contributed by atoms with van der Waals surface area (Å²) in [6.45, 7) is 1.16. The van der Waals surface area contributed by atoms with E-state index in [1.54, 1.807) is 18.4 Å². The average Bonchev–Trinajstić information content (AvgIpc) is 3.15. The van der Waals surface area contributed by atoms with Gasteiger partial charge in [-0.3, -0.25) is 4.79 Å². The number of nitrogens with zero attached hydrogens (tertiary/aromatic N) is 2. The van der Waals surface area contributed by atoms with Gasteiger partial charge in [0.1, 0.15) is 0 Å². The van der Waals surface area contributed by atoms with E-state index >= 15 is 0 Å². The Bertz CT molecular complexity index is 896. The third-order valence-electron chi connectivity index (χ3n) is 4.94. The molecule has 3 rings (SSSR count). The van der Waals surface area contributed by atoms with E-state index in [0.717, 1.165) is 23.8 Å². The van der Waals surface area contributed by atoms with Gasteiger partial charge in [-0.05, 0) is 35.4 Å². The van der Waals surface area contributed by atoms with Gasteiger partial charge in [0.2, 0.25) is 15.9 Å². The van der Waals surface area contributed by atoms with Crippen LogP contribution in [0.3, 0.4) is 0 Å². The molecule has 6 nitrogen and oxygen atoms in total. The number of ether oxygens (including phenoxy) is 1. The van der Waals surface area contributed by atoms with E-state index in [1.165, 1.54) is 9.18 Å². The molecule has 0 saturated heterocycles. The lowest BCUT2D eigenvalue weighted by Crippen LogP contribution is -2.46. The van der Waals surface area contributed by atoms with E-state index < -0.39 is 10.0 Å². The largest absolute Gasteiger partial charge is 0.385 e. The molecule has 8 heteroatoms. The quantitative estimate of drug-likeness (QED) is 0.613. The molecule has 1 aliphatic rings. The van der Waals surface area contributed by atoms with Crippen LogP contribution in [-0.4, -0.2) is 63.1 Å². The number of hydrogen-bond donors (Lipinski definition) is 0. The Hall–Kier alpha value is -1.74. The van der Waals surface area contributed by atoms with Gasteiger partial charge in [0, 0.05) is 31.7 Å². The van der Waals surface area contributed by atoms with Crippen LogP contribution in [0.15, 0.2) is 41.8 Å². The van der Waals surface area contributed by atoms with Gasteiger partial charge in [0.25, 0.3) is 0 Å². The third kappa shape index (κ3) is 4.81. The van der Waals surface area contributed by atoms with Crippen molar-refractivity contribution >= 4 is 27.3 Å². The van der Waals surface area contributed by atoms with E-state index in [4.69, 9.17) is 4.74 Å². The highest BCUT2D eigenvalue weighted by atomic mass is 32.2. The lowest BCUT2D eigenvalue weighted by Gasteiger charge is -2.37. The lowest BCUT2D eigenvalue weighted by molar-refractivity contribution is -0.133. The molecule has 1 amide bonds. The Kier molecular flexibility index (Phi) is 6.87. The molecular weight excluding hydrogens is 396 g/mol. The second kappa shape index (κ2) is 9.17. The maximum absolute atomic E-state index is 13.2. The highest BCUT2D eigenvalue weighted by Gasteiger charge is 2.34. The minimum atomic E-state index is -3.48. The molecule has 1 atom stereocenters. The van der Waals surface area contributed by atoms with E-state index in [9.17, 15) is 13.2 Å². The van der Waals surface area contributed by atoms with Crippen molar-refractivity contribution in [3.8, 4) is 0 Å². The number of carbonyl (C=O) groups is 1. The van der Waals surface area contributed by atoms with Crippen LogP contribution in [0.4, 0.5) is 0 Å². The Labute approximate surface area is 170 Å². The van der Waals surface area contributed by atoms with Crippen LogP contribution in [0.1, 0.15) is 28.5 Å². The van der Waals surface area contributed by atoms with Crippen molar-refractivity contribution in [3.05, 3.63) is 57.8 Å². The molecule has 0 saturated carbocycles. The van der Waals surface area contributed by atoms with Crippen molar-refractivity contribution < 1.29 is 17.9 Å². The van der Waals surface area contributed by atoms with Gasteiger partial charge in [0.15, 0.2) is 0 Å². The van der Waals surface area contributed by atoms with Gasteiger partial charge < -0.3 is 9.64 Å². The van der Waals surface area contributed by atoms with E-state index in [2.05, 4.69) is 11.4 Å². The summed E-state index contributed by atoms with van der Waals surface area (Å²) < 4.78 is 30.6. The van der Waals surface area contributed by atoms with Crippen LogP contribution >= 0.6 is 11.3 Å². The zero-order valence-corrected chi connectivity index (χ0v) is 17.8. The summed E-state index contributed by atoms with van der Waals surface area (Å²) in [5.74, 6) is -0.173. The molecule has 0 fully saturated rings. The molecule has 28 heavy (non-hydrogen) atoms. The highest BCUT2D eigenvalue weighted by Crippen LogP contribution is 2.37. The van der Waals surface area contributed by atoms with Crippen LogP contribution in [0.5, 0.6) is 0 Å². The Balaban J connectivity index is 1.84. The van der Waals surface area contributed by atoms with Gasteiger partial charge in [-0.1, -0.05) is 30.3 Å². The molecule has 1 aromatic carbocycles. The minimum Gasteiger partial charge on any atom is -0.385 e. The first-order valence-electron chi connectivity index (χ1n) is 9.26. The van der Waals surface area contributed by atoms with Gasteiger partial charge in [-0.25, -0.2) is 8.42 Å². The normalized spacial score (nSPS) is 17.0. The molecule has 0 N–H and O–H groups in total. The molecule has 2 heterocycles. The summed E-state index contributed by atoms with van der Waals surface area (Å²) in [4.78, 5) is 16.3. The van der Waals surface area contributed by atoms with Crippen molar-refractivity contribution in [1.82, 2.24) is 9.21 Å². The van der Waals surface area contributed by atoms with E-state index in [0.29, 0.717) is 19.6 Å². The van der Waals surface area contributed by atoms with E-state index in [1.807, 2.05) is 35.2 Å². The number of rotatable bonds is 8. The summed E-state index contributed by atoms with van der Waals surface area (Å²) in [6, 6.07) is 11.8. The fraction of sp³-hybridized carbons (Fsp3) is 0.450. The van der Waals surface area contributed by atoms with Crippen molar-refractivity contribution in [1.29, 1.82) is 0 Å². The van der Waals surface area contributed by atoms with Gasteiger partial charge in [-0.15, -0.1) is 11.3 Å². The molecule has 0 spiro atoms. The number of thiophene rings is 1. The van der Waals surface area contributed by atoms with Gasteiger partial charge in [-0.2, -0.15) is 4.31 Å². The van der Waals surface area contributed by atoms with Crippen LogP contribution in [0.25, 0.3) is 0 Å². The summed E-state index contributed by atoms with van der Waals surface area (Å²) in [7, 11) is -1.90. The number of benzene rings is 1. The van der Waals surface area contributed by atoms with Crippen molar-refractivity contribution in [3.63, 3.8) is 0 Å². The molecule has 152 valence electrons. The smallest absolute Gasteiger partial charge is 0.238 e. The zero-order valence-electron chi connectivity index (χ0n) is 16.2. The second-order valence-electron chi connectivity index (χ2n) is 6.89. The summed E-state index contributed by atoms with van der Waals surface area (Å²) in [5, 5.41) is 2.06. The third-order valence-corrected chi connectivity index (χ3v) is 7.18. The monoisotopic (exact) mass is 422 g/mol. The lowest BCUT2D eigenvalue weighted by atomic mass is 9.93. The second-order valence-corrected chi connectivity index (χ2v) is 9.88. The van der Waals surface area contributed by atoms with E-state index in [-0.39, 0.29) is 25.0 Å². The number of amides is 1. The van der Waals surface area contributed by atoms with Gasteiger partial charge >= 0.3 is 0 Å². The maximum Gasteiger partial charge on any atom is 0.238 e. The summed E-state index contributed by atoms with van der Waals surface area (Å²) >= 11 is 1.71. The summed E-state index contributed by atoms with van der Waals surface area (Å²) in [5.41, 5.74) is 2.18. The predicted molar refractivity (Wildman–Crippen MR) is 111 cm³/mol. The Morgan fingerprint density at radius 3 is 2.71 bits per heavy atom. The van der Waals surface area contributed by atoms with Crippen LogP contribution in [0, 0.1) is 0 Å². The first kappa shape index (κ1) is 21.0. The maximum atomic E-state index is 13.2. The number of hydrogen-bond acceptors (Lipinski definition) is 5. The first-order valence-corrected chi connectivity index (χ1v) is 12.0. The molecular formula is C20H26N2O4S2. The molecule has 1 aliphatic heterocycles. The SMILES string of the molecule is COCCCN(CC(=O)N1CCc2sccc2C1c1ccccc1)S(C)(=O)=O. The molecule has 2 aromatic rings. The predicted octanol–water partition coefficient (Wildman–Crippen LogP) is 2.52. The molecule has 0 bridgehead atoms. The standard InChI is InChI=1S/C20H26N2O4S2/c1-26-13-6-11-21(28(2,24)25)15-19(23)22-12-9-18-17(10-14-27-18)20(22)16-7-4-3-5-8-16/h3-5,7-8,10,14,20H,6,9,11-13,15H2,1-2H3. The van der Waals surface area contributed by atoms with Crippen molar-refractivity contribution in [2.75, 3.05) is 39.6 Å². The summed E-state index contributed by atoms with van der Waals surface area (Å²) in [6.07, 6.45) is 2.49. The number of carbonyl (C=O) groups excluding carboxylic acids is 1. The fourth-order valence-corrected chi connectivity index (χ4v) is 5.28. The first-order chi connectivity index (χ1) is 13.4. The van der Waals surface area contributed by atoms with Crippen LogP contribution in [0.2, 0.25) is 0 Å².